The summed E-state index contributed by atoms with van der Waals surface area (Å²) in [7, 11) is 0. The van der Waals surface area contributed by atoms with Crippen LogP contribution in [0.1, 0.15) is 22.3 Å². The third kappa shape index (κ3) is 3.54. The molecule has 148 valence electrons. The zero-order chi connectivity index (χ0) is 21.4. The molecule has 0 bridgehead atoms. The number of nitrogens with zero attached hydrogens (tertiary/aromatic N) is 3. The van der Waals surface area contributed by atoms with Crippen molar-refractivity contribution >= 4 is 44.8 Å². The van der Waals surface area contributed by atoms with Crippen molar-refractivity contribution in [3.63, 3.8) is 0 Å². The van der Waals surface area contributed by atoms with Crippen LogP contribution in [0.25, 0.3) is 40.1 Å². The topological polar surface area (TPSA) is 41.1 Å². The fraction of sp³-hybridized carbons (Fsp3) is 0.0370. The Kier molecular flexibility index (Phi) is 4.89. The SMILES string of the molecule is Cc1cccc(/C=C/c2cc(-c3ccc(Br)cc3)n3c(nc4ccccc43)c2C#N)c1. The van der Waals surface area contributed by atoms with Gasteiger partial charge in [0.2, 0.25) is 0 Å². The smallest absolute Gasteiger partial charge is 0.157 e. The Morgan fingerprint density at radius 3 is 2.52 bits per heavy atom. The Balaban J connectivity index is 1.81. The van der Waals surface area contributed by atoms with Gasteiger partial charge in [0.1, 0.15) is 11.6 Å². The summed E-state index contributed by atoms with van der Waals surface area (Å²) < 4.78 is 3.11. The number of rotatable bonds is 3. The van der Waals surface area contributed by atoms with Gasteiger partial charge in [-0.2, -0.15) is 5.26 Å². The van der Waals surface area contributed by atoms with Crippen molar-refractivity contribution in [1.82, 2.24) is 9.38 Å². The summed E-state index contributed by atoms with van der Waals surface area (Å²) in [5.41, 5.74) is 8.32. The number of aryl methyl sites for hydroxylation is 1. The molecule has 0 aliphatic rings. The van der Waals surface area contributed by atoms with E-state index in [1.807, 2.05) is 54.6 Å². The van der Waals surface area contributed by atoms with Gasteiger partial charge in [-0.15, -0.1) is 0 Å². The van der Waals surface area contributed by atoms with E-state index >= 15 is 0 Å². The van der Waals surface area contributed by atoms with Gasteiger partial charge in [-0.25, -0.2) is 4.98 Å². The molecular formula is C27H18BrN3. The molecule has 3 nitrogen and oxygen atoms in total. The van der Waals surface area contributed by atoms with Gasteiger partial charge in [0.25, 0.3) is 0 Å². The Hall–Kier alpha value is -3.68. The van der Waals surface area contributed by atoms with Crippen LogP contribution in [-0.4, -0.2) is 9.38 Å². The molecule has 2 heterocycles. The van der Waals surface area contributed by atoms with Crippen molar-refractivity contribution in [1.29, 1.82) is 5.26 Å². The van der Waals surface area contributed by atoms with Gasteiger partial charge in [0, 0.05) is 4.47 Å². The normalized spacial score (nSPS) is 11.4. The number of fused-ring (bicyclic) bond motifs is 3. The molecule has 0 saturated heterocycles. The molecule has 5 rings (SSSR count). The highest BCUT2D eigenvalue weighted by molar-refractivity contribution is 9.10. The molecule has 0 aliphatic carbocycles. The fourth-order valence-electron chi connectivity index (χ4n) is 3.89. The van der Waals surface area contributed by atoms with Crippen molar-refractivity contribution < 1.29 is 0 Å². The second-order valence-corrected chi connectivity index (χ2v) is 8.40. The molecule has 0 aliphatic heterocycles. The number of para-hydroxylation sites is 2. The summed E-state index contributed by atoms with van der Waals surface area (Å²) in [5.74, 6) is 0. The van der Waals surface area contributed by atoms with Crippen LogP contribution >= 0.6 is 15.9 Å². The quantitative estimate of drug-likeness (QED) is 0.282. The highest BCUT2D eigenvalue weighted by Crippen LogP contribution is 2.31. The maximum absolute atomic E-state index is 10.0. The number of benzene rings is 3. The summed E-state index contributed by atoms with van der Waals surface area (Å²) >= 11 is 3.52. The summed E-state index contributed by atoms with van der Waals surface area (Å²) in [6, 6.07) is 29.0. The van der Waals surface area contributed by atoms with Crippen molar-refractivity contribution in [2.45, 2.75) is 6.92 Å². The molecule has 0 amide bonds. The number of halogens is 1. The van der Waals surface area contributed by atoms with E-state index in [0.29, 0.717) is 11.2 Å². The maximum atomic E-state index is 10.0. The number of nitriles is 1. The summed E-state index contributed by atoms with van der Waals surface area (Å²) in [4.78, 5) is 4.82. The lowest BCUT2D eigenvalue weighted by molar-refractivity contribution is 1.21. The lowest BCUT2D eigenvalue weighted by atomic mass is 10.0. The van der Waals surface area contributed by atoms with E-state index in [4.69, 9.17) is 4.98 Å². The van der Waals surface area contributed by atoms with Crippen LogP contribution in [0.2, 0.25) is 0 Å². The van der Waals surface area contributed by atoms with E-state index in [1.54, 1.807) is 0 Å². The first kappa shape index (κ1) is 19.3. The first-order chi connectivity index (χ1) is 15.1. The fourth-order valence-corrected chi connectivity index (χ4v) is 4.15. The van der Waals surface area contributed by atoms with E-state index in [-0.39, 0.29) is 0 Å². The second-order valence-electron chi connectivity index (χ2n) is 7.49. The van der Waals surface area contributed by atoms with E-state index < -0.39 is 0 Å². The van der Waals surface area contributed by atoms with Crippen LogP contribution in [0, 0.1) is 18.3 Å². The number of hydrogen-bond donors (Lipinski definition) is 0. The monoisotopic (exact) mass is 463 g/mol. The standard InChI is InChI=1S/C27H18BrN3/c1-18-5-4-6-19(15-18)9-10-21-16-26(20-11-13-22(28)14-12-20)31-25-8-3-2-7-24(25)30-27(31)23(21)17-29/h2-16H,1H3/b10-9+. The predicted molar refractivity (Wildman–Crippen MR) is 131 cm³/mol. The van der Waals surface area contributed by atoms with E-state index in [1.165, 1.54) is 5.56 Å². The molecule has 31 heavy (non-hydrogen) atoms. The average molecular weight is 464 g/mol. The van der Waals surface area contributed by atoms with Gasteiger partial charge in [-0.1, -0.05) is 82.2 Å². The number of imidazole rings is 1. The Morgan fingerprint density at radius 1 is 0.935 bits per heavy atom. The van der Waals surface area contributed by atoms with Crippen LogP contribution in [-0.2, 0) is 0 Å². The van der Waals surface area contributed by atoms with Crippen LogP contribution < -0.4 is 0 Å². The lowest BCUT2D eigenvalue weighted by Gasteiger charge is -2.11. The summed E-state index contributed by atoms with van der Waals surface area (Å²) in [6.07, 6.45) is 4.06. The predicted octanol–water partition coefficient (Wildman–Crippen LogP) is 7.27. The molecule has 0 atom stereocenters. The Bertz CT molecular complexity index is 1500. The zero-order valence-electron chi connectivity index (χ0n) is 16.9. The minimum Gasteiger partial charge on any atom is -0.291 e. The van der Waals surface area contributed by atoms with Gasteiger partial charge in [-0.05, 0) is 53.9 Å². The molecule has 2 aromatic heterocycles. The van der Waals surface area contributed by atoms with Crippen LogP contribution in [0.5, 0.6) is 0 Å². The molecule has 3 aromatic carbocycles. The first-order valence-electron chi connectivity index (χ1n) is 9.99. The molecule has 5 aromatic rings. The molecule has 0 fully saturated rings. The molecule has 0 radical (unpaired) electrons. The number of hydrogen-bond acceptors (Lipinski definition) is 2. The zero-order valence-corrected chi connectivity index (χ0v) is 18.5. The third-order valence-electron chi connectivity index (χ3n) is 5.36. The van der Waals surface area contributed by atoms with Crippen molar-refractivity contribution in [2.24, 2.45) is 0 Å². The molecule has 0 spiro atoms. The Labute approximate surface area is 189 Å². The highest BCUT2D eigenvalue weighted by Gasteiger charge is 2.16. The van der Waals surface area contributed by atoms with Crippen molar-refractivity contribution in [3.8, 4) is 17.3 Å². The van der Waals surface area contributed by atoms with Crippen molar-refractivity contribution in [2.75, 3.05) is 0 Å². The first-order valence-corrected chi connectivity index (χ1v) is 10.8. The van der Waals surface area contributed by atoms with Crippen LogP contribution in [0.3, 0.4) is 0 Å². The number of pyridine rings is 1. The molecular weight excluding hydrogens is 446 g/mol. The third-order valence-corrected chi connectivity index (χ3v) is 5.88. The van der Waals surface area contributed by atoms with Crippen molar-refractivity contribution in [3.05, 3.63) is 106 Å². The maximum Gasteiger partial charge on any atom is 0.157 e. The van der Waals surface area contributed by atoms with Gasteiger partial charge < -0.3 is 0 Å². The molecule has 0 saturated carbocycles. The summed E-state index contributed by atoms with van der Waals surface area (Å²) in [5, 5.41) is 10.0. The van der Waals surface area contributed by atoms with Gasteiger partial charge >= 0.3 is 0 Å². The van der Waals surface area contributed by atoms with E-state index in [2.05, 4.69) is 69.7 Å². The van der Waals surface area contributed by atoms with Gasteiger partial charge in [-0.3, -0.25) is 4.40 Å². The average Bonchev–Trinajstić information content (AvgIpc) is 3.17. The van der Waals surface area contributed by atoms with Crippen LogP contribution in [0.4, 0.5) is 0 Å². The molecule has 0 unspecified atom stereocenters. The van der Waals surface area contributed by atoms with E-state index in [0.717, 1.165) is 37.9 Å². The minimum atomic E-state index is 0.570. The van der Waals surface area contributed by atoms with Gasteiger partial charge in [0.15, 0.2) is 5.65 Å². The largest absolute Gasteiger partial charge is 0.291 e. The lowest BCUT2D eigenvalue weighted by Crippen LogP contribution is -1.98. The van der Waals surface area contributed by atoms with Gasteiger partial charge in [0.05, 0.1) is 16.7 Å². The molecule has 4 heteroatoms. The van der Waals surface area contributed by atoms with E-state index in [9.17, 15) is 5.26 Å². The van der Waals surface area contributed by atoms with Crippen LogP contribution in [0.15, 0.2) is 83.3 Å². The second kappa shape index (κ2) is 7.86. The molecule has 0 N–H and O–H groups in total. The number of aromatic nitrogens is 2. The highest BCUT2D eigenvalue weighted by atomic mass is 79.9. The Morgan fingerprint density at radius 2 is 1.74 bits per heavy atom. The summed E-state index contributed by atoms with van der Waals surface area (Å²) in [6.45, 7) is 2.08. The minimum absolute atomic E-state index is 0.570.